The molecule has 1 rings (SSSR count). The normalized spacial score (nSPS) is 24.2. The van der Waals surface area contributed by atoms with Gasteiger partial charge in [-0.25, -0.2) is 0 Å². The van der Waals surface area contributed by atoms with Gasteiger partial charge >= 0.3 is 0 Å². The molecule has 0 aromatic carbocycles. The van der Waals surface area contributed by atoms with Crippen LogP contribution in [0.3, 0.4) is 0 Å². The van der Waals surface area contributed by atoms with Crippen molar-refractivity contribution in [2.45, 2.75) is 64.2 Å². The van der Waals surface area contributed by atoms with Crippen LogP contribution < -0.4 is 11.1 Å². The molecular formula is C14H28N2OS. The molecule has 0 radical (unpaired) electrons. The molecule has 0 heterocycles. The smallest absolute Gasteiger partial charge is 0.227 e. The maximum absolute atomic E-state index is 12.4. The number of nitrogens with one attached hydrogen (secondary N) is 1. The van der Waals surface area contributed by atoms with Crippen molar-refractivity contribution in [3.05, 3.63) is 0 Å². The Labute approximate surface area is 116 Å². The van der Waals surface area contributed by atoms with Crippen LogP contribution in [0.1, 0.15) is 52.9 Å². The summed E-state index contributed by atoms with van der Waals surface area (Å²) in [5, 5.41) is 3.96. The van der Waals surface area contributed by atoms with Crippen LogP contribution in [0.2, 0.25) is 0 Å². The van der Waals surface area contributed by atoms with Crippen LogP contribution in [0, 0.1) is 5.41 Å². The molecule has 0 aromatic heterocycles. The highest BCUT2D eigenvalue weighted by Gasteiger charge is 2.36. The number of amides is 1. The molecule has 1 amide bonds. The van der Waals surface area contributed by atoms with E-state index in [1.807, 2.05) is 11.8 Å². The first-order valence-corrected chi connectivity index (χ1v) is 8.29. The average Bonchev–Trinajstić information content (AvgIpc) is 2.80. The topological polar surface area (TPSA) is 55.1 Å². The van der Waals surface area contributed by atoms with E-state index in [0.29, 0.717) is 12.6 Å². The molecule has 2 atom stereocenters. The summed E-state index contributed by atoms with van der Waals surface area (Å²) in [6.45, 7) is 6.76. The Morgan fingerprint density at radius 1 is 1.33 bits per heavy atom. The second-order valence-corrected chi connectivity index (χ2v) is 6.83. The Bertz CT molecular complexity index is 258. The number of rotatable bonds is 7. The van der Waals surface area contributed by atoms with Crippen molar-refractivity contribution in [1.82, 2.24) is 5.32 Å². The SMILES string of the molecule is CCSC1CCC(NC(=O)C(CC)(CC)CN)C1. The highest BCUT2D eigenvalue weighted by molar-refractivity contribution is 7.99. The second kappa shape index (κ2) is 7.39. The van der Waals surface area contributed by atoms with E-state index >= 15 is 0 Å². The third-order valence-electron chi connectivity index (χ3n) is 4.35. The molecule has 2 unspecified atom stereocenters. The Hall–Kier alpha value is -0.220. The van der Waals surface area contributed by atoms with Gasteiger partial charge in [0.15, 0.2) is 0 Å². The van der Waals surface area contributed by atoms with Gasteiger partial charge < -0.3 is 11.1 Å². The Balaban J connectivity index is 2.50. The zero-order chi connectivity index (χ0) is 13.6. The van der Waals surface area contributed by atoms with Gasteiger partial charge in [-0.2, -0.15) is 11.8 Å². The highest BCUT2D eigenvalue weighted by Crippen LogP contribution is 2.31. The molecular weight excluding hydrogens is 244 g/mol. The number of thioether (sulfide) groups is 1. The number of hydrogen-bond donors (Lipinski definition) is 2. The fraction of sp³-hybridized carbons (Fsp3) is 0.929. The predicted molar refractivity (Wildman–Crippen MR) is 79.8 cm³/mol. The van der Waals surface area contributed by atoms with Crippen LogP contribution in [0.15, 0.2) is 0 Å². The molecule has 1 saturated carbocycles. The van der Waals surface area contributed by atoms with Gasteiger partial charge in [0.25, 0.3) is 0 Å². The van der Waals surface area contributed by atoms with Crippen LogP contribution in [-0.4, -0.2) is 29.5 Å². The van der Waals surface area contributed by atoms with Gasteiger partial charge in [0.2, 0.25) is 5.91 Å². The maximum Gasteiger partial charge on any atom is 0.227 e. The maximum atomic E-state index is 12.4. The minimum Gasteiger partial charge on any atom is -0.353 e. The van der Waals surface area contributed by atoms with E-state index in [1.165, 1.54) is 12.2 Å². The molecule has 106 valence electrons. The molecule has 1 aliphatic carbocycles. The summed E-state index contributed by atoms with van der Waals surface area (Å²) in [6, 6.07) is 0.366. The molecule has 0 aromatic rings. The van der Waals surface area contributed by atoms with Crippen LogP contribution in [-0.2, 0) is 4.79 Å². The van der Waals surface area contributed by atoms with Gasteiger partial charge in [-0.05, 0) is 37.9 Å². The molecule has 1 fully saturated rings. The molecule has 4 heteroatoms. The lowest BCUT2D eigenvalue weighted by molar-refractivity contribution is -0.131. The molecule has 1 aliphatic rings. The van der Waals surface area contributed by atoms with Gasteiger partial charge in [0.1, 0.15) is 0 Å². The molecule has 0 bridgehead atoms. The van der Waals surface area contributed by atoms with Gasteiger partial charge in [0, 0.05) is 17.8 Å². The number of nitrogens with two attached hydrogens (primary N) is 1. The van der Waals surface area contributed by atoms with Crippen LogP contribution in [0.5, 0.6) is 0 Å². The average molecular weight is 272 g/mol. The zero-order valence-corrected chi connectivity index (χ0v) is 12.8. The molecule has 18 heavy (non-hydrogen) atoms. The molecule has 3 N–H and O–H groups in total. The van der Waals surface area contributed by atoms with Crippen molar-refractivity contribution in [3.63, 3.8) is 0 Å². The summed E-state index contributed by atoms with van der Waals surface area (Å²) in [6.07, 6.45) is 5.13. The van der Waals surface area contributed by atoms with E-state index in [9.17, 15) is 4.79 Å². The molecule has 0 aliphatic heterocycles. The van der Waals surface area contributed by atoms with Gasteiger partial charge in [-0.1, -0.05) is 20.8 Å². The summed E-state index contributed by atoms with van der Waals surface area (Å²) >= 11 is 2.02. The van der Waals surface area contributed by atoms with E-state index in [2.05, 4.69) is 26.1 Å². The third kappa shape index (κ3) is 3.64. The quantitative estimate of drug-likeness (QED) is 0.749. The minimum absolute atomic E-state index is 0.169. The van der Waals surface area contributed by atoms with Crippen molar-refractivity contribution >= 4 is 17.7 Å². The molecule has 0 spiro atoms. The third-order valence-corrected chi connectivity index (χ3v) is 5.58. The van der Waals surface area contributed by atoms with Crippen LogP contribution in [0.4, 0.5) is 0 Å². The van der Waals surface area contributed by atoms with E-state index in [4.69, 9.17) is 5.73 Å². The van der Waals surface area contributed by atoms with E-state index < -0.39 is 0 Å². The van der Waals surface area contributed by atoms with Crippen LogP contribution in [0.25, 0.3) is 0 Å². The summed E-state index contributed by atoms with van der Waals surface area (Å²) in [5.74, 6) is 1.34. The van der Waals surface area contributed by atoms with Crippen LogP contribution >= 0.6 is 11.8 Å². The lowest BCUT2D eigenvalue weighted by atomic mass is 9.81. The summed E-state index contributed by atoms with van der Waals surface area (Å²) in [4.78, 5) is 12.4. The Morgan fingerprint density at radius 3 is 2.50 bits per heavy atom. The first-order valence-electron chi connectivity index (χ1n) is 7.24. The summed E-state index contributed by atoms with van der Waals surface area (Å²) < 4.78 is 0. The number of carbonyl (C=O) groups is 1. The number of carbonyl (C=O) groups excluding carboxylic acids is 1. The first kappa shape index (κ1) is 15.8. The Kier molecular flexibility index (Phi) is 6.50. The van der Waals surface area contributed by atoms with Gasteiger partial charge in [-0.15, -0.1) is 0 Å². The van der Waals surface area contributed by atoms with Crippen molar-refractivity contribution in [3.8, 4) is 0 Å². The van der Waals surface area contributed by atoms with Gasteiger partial charge in [0.05, 0.1) is 5.41 Å². The van der Waals surface area contributed by atoms with E-state index in [-0.39, 0.29) is 11.3 Å². The molecule has 0 saturated heterocycles. The monoisotopic (exact) mass is 272 g/mol. The van der Waals surface area contributed by atoms with Crippen molar-refractivity contribution < 1.29 is 4.79 Å². The lowest BCUT2D eigenvalue weighted by Gasteiger charge is -2.30. The minimum atomic E-state index is -0.351. The van der Waals surface area contributed by atoms with E-state index in [0.717, 1.165) is 30.9 Å². The van der Waals surface area contributed by atoms with Crippen molar-refractivity contribution in [2.75, 3.05) is 12.3 Å². The summed E-state index contributed by atoms with van der Waals surface area (Å²) in [5.41, 5.74) is 5.46. The fourth-order valence-corrected chi connectivity index (χ4v) is 3.89. The van der Waals surface area contributed by atoms with Gasteiger partial charge in [-0.3, -0.25) is 4.79 Å². The zero-order valence-electron chi connectivity index (χ0n) is 12.0. The molecule has 3 nitrogen and oxygen atoms in total. The van der Waals surface area contributed by atoms with Crippen molar-refractivity contribution in [2.24, 2.45) is 11.1 Å². The standard InChI is InChI=1S/C14H28N2OS/c1-4-14(5-2,10-15)13(17)16-11-7-8-12(9-11)18-6-3/h11-12H,4-10,15H2,1-3H3,(H,16,17). The van der Waals surface area contributed by atoms with Crippen molar-refractivity contribution in [1.29, 1.82) is 0 Å². The predicted octanol–water partition coefficient (Wildman–Crippen LogP) is 2.54. The lowest BCUT2D eigenvalue weighted by Crippen LogP contribution is -2.48. The first-order chi connectivity index (χ1) is 8.61. The van der Waals surface area contributed by atoms with E-state index in [1.54, 1.807) is 0 Å². The Morgan fingerprint density at radius 2 is 2.00 bits per heavy atom. The second-order valence-electron chi connectivity index (χ2n) is 5.25. The largest absolute Gasteiger partial charge is 0.353 e. The fourth-order valence-electron chi connectivity index (χ4n) is 2.75. The summed E-state index contributed by atoms with van der Waals surface area (Å²) in [7, 11) is 0. The number of hydrogen-bond acceptors (Lipinski definition) is 3. The highest BCUT2D eigenvalue weighted by atomic mass is 32.2.